The Morgan fingerprint density at radius 3 is 2.67 bits per heavy atom. The first-order valence-electron chi connectivity index (χ1n) is 5.51. The summed E-state index contributed by atoms with van der Waals surface area (Å²) < 4.78 is 0. The second-order valence-electron chi connectivity index (χ2n) is 3.51. The number of thiophene rings is 1. The molecule has 18 heavy (non-hydrogen) atoms. The van der Waals surface area contributed by atoms with E-state index in [1.807, 2.05) is 5.38 Å². The van der Waals surface area contributed by atoms with Crippen LogP contribution in [-0.4, -0.2) is 31.4 Å². The summed E-state index contributed by atoms with van der Waals surface area (Å²) in [4.78, 5) is 22.7. The number of carbonyl (C=O) groups is 2. The Morgan fingerprint density at radius 2 is 2.06 bits per heavy atom. The third kappa shape index (κ3) is 6.58. The molecule has 0 saturated heterocycles. The fourth-order valence-electron chi connectivity index (χ4n) is 1.25. The van der Waals surface area contributed by atoms with Gasteiger partial charge in [0.1, 0.15) is 0 Å². The van der Waals surface area contributed by atoms with Crippen molar-refractivity contribution in [2.75, 3.05) is 19.6 Å². The molecule has 1 heterocycles. The average Bonchev–Trinajstić information content (AvgIpc) is 2.85. The zero-order chi connectivity index (χ0) is 12.5. The van der Waals surface area contributed by atoms with Gasteiger partial charge in [0.05, 0.1) is 0 Å². The number of hydrogen-bond donors (Lipinski definition) is 3. The van der Waals surface area contributed by atoms with Crippen LogP contribution < -0.4 is 16.4 Å². The molecule has 0 spiro atoms. The Kier molecular flexibility index (Phi) is 9.26. The first-order chi connectivity index (χ1) is 8.24. The zero-order valence-corrected chi connectivity index (χ0v) is 11.6. The Bertz CT molecular complexity index is 357. The fourth-order valence-corrected chi connectivity index (χ4v) is 1.88. The smallest absolute Gasteiger partial charge is 0.252 e. The molecule has 0 aliphatic rings. The second kappa shape index (κ2) is 9.87. The largest absolute Gasteiger partial charge is 0.355 e. The van der Waals surface area contributed by atoms with Gasteiger partial charge in [0.2, 0.25) is 5.91 Å². The van der Waals surface area contributed by atoms with Gasteiger partial charge in [0.15, 0.2) is 0 Å². The van der Waals surface area contributed by atoms with Crippen molar-refractivity contribution in [3.8, 4) is 0 Å². The molecular weight excluding hydrogens is 274 g/mol. The highest BCUT2D eigenvalue weighted by Gasteiger charge is 2.05. The van der Waals surface area contributed by atoms with Crippen molar-refractivity contribution in [2.45, 2.75) is 12.8 Å². The van der Waals surface area contributed by atoms with Crippen LogP contribution in [0.2, 0.25) is 0 Å². The molecule has 102 valence electrons. The van der Waals surface area contributed by atoms with E-state index < -0.39 is 0 Å². The van der Waals surface area contributed by atoms with Gasteiger partial charge in [0.25, 0.3) is 5.91 Å². The first kappa shape index (κ1) is 16.9. The van der Waals surface area contributed by atoms with Crippen LogP contribution in [0.3, 0.4) is 0 Å². The summed E-state index contributed by atoms with van der Waals surface area (Å²) in [6.45, 7) is 1.45. The molecule has 0 aliphatic carbocycles. The number of amides is 2. The monoisotopic (exact) mass is 291 g/mol. The van der Waals surface area contributed by atoms with E-state index in [0.717, 1.165) is 0 Å². The van der Waals surface area contributed by atoms with E-state index in [4.69, 9.17) is 5.73 Å². The Hall–Kier alpha value is -1.11. The van der Waals surface area contributed by atoms with Gasteiger partial charge in [-0.25, -0.2) is 0 Å². The lowest BCUT2D eigenvalue weighted by atomic mass is 10.2. The second-order valence-corrected chi connectivity index (χ2v) is 4.29. The van der Waals surface area contributed by atoms with Crippen LogP contribution in [0.4, 0.5) is 0 Å². The average molecular weight is 292 g/mol. The Balaban J connectivity index is 0.00000289. The molecule has 0 atom stereocenters. The zero-order valence-electron chi connectivity index (χ0n) is 9.98. The van der Waals surface area contributed by atoms with Crippen LogP contribution in [0.5, 0.6) is 0 Å². The normalized spacial score (nSPS) is 9.39. The minimum absolute atomic E-state index is 0. The lowest BCUT2D eigenvalue weighted by Gasteiger charge is -2.04. The molecule has 5 nitrogen and oxygen atoms in total. The van der Waals surface area contributed by atoms with Crippen LogP contribution in [-0.2, 0) is 4.79 Å². The molecule has 0 fully saturated rings. The lowest BCUT2D eigenvalue weighted by molar-refractivity contribution is -0.121. The summed E-state index contributed by atoms with van der Waals surface area (Å²) in [6, 6.07) is 1.77. The molecule has 0 unspecified atom stereocenters. The molecule has 4 N–H and O–H groups in total. The maximum absolute atomic E-state index is 11.5. The van der Waals surface area contributed by atoms with Crippen molar-refractivity contribution < 1.29 is 9.59 Å². The van der Waals surface area contributed by atoms with Crippen molar-refractivity contribution in [3.63, 3.8) is 0 Å². The maximum Gasteiger partial charge on any atom is 0.252 e. The molecular formula is C11H18ClN3O2S. The van der Waals surface area contributed by atoms with Crippen molar-refractivity contribution in [3.05, 3.63) is 22.4 Å². The van der Waals surface area contributed by atoms with Crippen molar-refractivity contribution in [1.82, 2.24) is 10.6 Å². The summed E-state index contributed by atoms with van der Waals surface area (Å²) >= 11 is 1.48. The molecule has 2 amide bonds. The summed E-state index contributed by atoms with van der Waals surface area (Å²) in [5.41, 5.74) is 5.92. The van der Waals surface area contributed by atoms with Gasteiger partial charge in [-0.15, -0.1) is 12.4 Å². The van der Waals surface area contributed by atoms with Gasteiger partial charge in [-0.05, 0) is 17.9 Å². The third-order valence-corrected chi connectivity index (χ3v) is 2.80. The topological polar surface area (TPSA) is 84.2 Å². The van der Waals surface area contributed by atoms with Crippen LogP contribution in [0, 0.1) is 0 Å². The molecule has 1 aromatic rings. The van der Waals surface area contributed by atoms with Gasteiger partial charge in [0, 0.05) is 37.0 Å². The Morgan fingerprint density at radius 1 is 1.28 bits per heavy atom. The van der Waals surface area contributed by atoms with E-state index in [1.165, 1.54) is 11.3 Å². The molecule has 0 aromatic carbocycles. The molecule has 1 rings (SSSR count). The summed E-state index contributed by atoms with van der Waals surface area (Å²) in [5.74, 6) is -0.117. The molecule has 7 heteroatoms. The number of rotatable bonds is 7. The number of carbonyl (C=O) groups excluding carboxylic acids is 2. The number of nitrogens with two attached hydrogens (primary N) is 1. The van der Waals surface area contributed by atoms with E-state index in [0.29, 0.717) is 38.0 Å². The van der Waals surface area contributed by atoms with E-state index in [1.54, 1.807) is 11.4 Å². The van der Waals surface area contributed by atoms with Crippen LogP contribution in [0.25, 0.3) is 0 Å². The van der Waals surface area contributed by atoms with Crippen molar-refractivity contribution in [2.24, 2.45) is 5.73 Å². The number of hydrogen-bond acceptors (Lipinski definition) is 4. The number of nitrogens with one attached hydrogen (secondary N) is 2. The van der Waals surface area contributed by atoms with Gasteiger partial charge in [-0.1, -0.05) is 0 Å². The third-order valence-electron chi connectivity index (χ3n) is 2.12. The van der Waals surface area contributed by atoms with Gasteiger partial charge < -0.3 is 16.4 Å². The molecule has 0 aliphatic heterocycles. The molecule has 1 aromatic heterocycles. The Labute approximate surface area is 117 Å². The van der Waals surface area contributed by atoms with Gasteiger partial charge in [-0.3, -0.25) is 9.59 Å². The van der Waals surface area contributed by atoms with E-state index in [9.17, 15) is 9.59 Å². The van der Waals surface area contributed by atoms with E-state index in [2.05, 4.69) is 10.6 Å². The first-order valence-corrected chi connectivity index (χ1v) is 6.45. The lowest BCUT2D eigenvalue weighted by Crippen LogP contribution is -2.30. The molecule has 0 saturated carbocycles. The van der Waals surface area contributed by atoms with Crippen LogP contribution in [0.1, 0.15) is 23.2 Å². The molecule has 0 radical (unpaired) electrons. The minimum Gasteiger partial charge on any atom is -0.355 e. The van der Waals surface area contributed by atoms with Crippen LogP contribution >= 0.6 is 23.7 Å². The van der Waals surface area contributed by atoms with Crippen molar-refractivity contribution >= 4 is 35.6 Å². The van der Waals surface area contributed by atoms with E-state index in [-0.39, 0.29) is 24.2 Å². The summed E-state index contributed by atoms with van der Waals surface area (Å²) in [6.07, 6.45) is 1.04. The quantitative estimate of drug-likeness (QED) is 0.648. The highest BCUT2D eigenvalue weighted by molar-refractivity contribution is 7.08. The predicted octanol–water partition coefficient (Wildman–Crippen LogP) is 0.755. The summed E-state index contributed by atoms with van der Waals surface area (Å²) in [7, 11) is 0. The van der Waals surface area contributed by atoms with Gasteiger partial charge in [-0.2, -0.15) is 11.3 Å². The molecule has 0 bridgehead atoms. The minimum atomic E-state index is -0.0892. The maximum atomic E-state index is 11.5. The van der Waals surface area contributed by atoms with Crippen molar-refractivity contribution in [1.29, 1.82) is 0 Å². The summed E-state index contributed by atoms with van der Waals surface area (Å²) in [5, 5.41) is 9.08. The number of halogens is 1. The van der Waals surface area contributed by atoms with Gasteiger partial charge >= 0.3 is 0 Å². The SMILES string of the molecule is Cl.NCCNC(=O)CCCNC(=O)c1ccsc1. The van der Waals surface area contributed by atoms with Crippen LogP contribution in [0.15, 0.2) is 16.8 Å². The predicted molar refractivity (Wildman–Crippen MR) is 75.2 cm³/mol. The highest BCUT2D eigenvalue weighted by atomic mass is 35.5. The standard InChI is InChI=1S/C11H17N3O2S.ClH/c12-4-6-13-10(15)2-1-5-14-11(16)9-3-7-17-8-9;/h3,7-8H,1-2,4-6,12H2,(H,13,15)(H,14,16);1H. The van der Waals surface area contributed by atoms with E-state index >= 15 is 0 Å². The highest BCUT2D eigenvalue weighted by Crippen LogP contribution is 2.05. The fraction of sp³-hybridized carbons (Fsp3) is 0.455.